The molecule has 0 spiro atoms. The third-order valence-corrected chi connectivity index (χ3v) is 7.66. The Labute approximate surface area is 240 Å². The number of carbonyl (C=O) groups excluding carboxylic acids is 1. The van der Waals surface area contributed by atoms with Gasteiger partial charge in [-0.15, -0.1) is 0 Å². The second-order valence-corrected chi connectivity index (χ2v) is 10.4. The minimum atomic E-state index is -4.54. The van der Waals surface area contributed by atoms with E-state index in [9.17, 15) is 18.0 Å². The molecule has 1 unspecified atom stereocenters. The topological polar surface area (TPSA) is 60.0 Å². The molecular formula is C32H38F3N5O. The number of hydrogen-bond donors (Lipinski definition) is 2. The summed E-state index contributed by atoms with van der Waals surface area (Å²) in [4.78, 5) is 21.5. The van der Waals surface area contributed by atoms with E-state index in [0.29, 0.717) is 29.7 Å². The lowest BCUT2D eigenvalue weighted by molar-refractivity contribution is -0.138. The first-order valence-corrected chi connectivity index (χ1v) is 14.0. The SMILES string of the molecule is C/C=C1/C=CC(=O)N(Cc2ccccc2C(F)(F)F)/C1=N/C(Nc1ccc(N(C)C2CCCNC2)cc1)=C(\C)CC. The van der Waals surface area contributed by atoms with Crippen LogP contribution in [-0.2, 0) is 17.5 Å². The van der Waals surface area contributed by atoms with Gasteiger partial charge in [0.2, 0.25) is 0 Å². The van der Waals surface area contributed by atoms with Crippen LogP contribution < -0.4 is 15.5 Å². The van der Waals surface area contributed by atoms with Crippen LogP contribution in [0, 0.1) is 0 Å². The number of allylic oxidation sites excluding steroid dienone is 2. The van der Waals surface area contributed by atoms with Gasteiger partial charge in [0.15, 0.2) is 0 Å². The molecule has 6 nitrogen and oxygen atoms in total. The fourth-order valence-electron chi connectivity index (χ4n) is 4.99. The van der Waals surface area contributed by atoms with Crippen molar-refractivity contribution in [3.63, 3.8) is 0 Å². The van der Waals surface area contributed by atoms with Crippen molar-refractivity contribution in [2.24, 2.45) is 4.99 Å². The fraction of sp³-hybridized carbons (Fsp3) is 0.375. The van der Waals surface area contributed by atoms with Gasteiger partial charge in [-0.2, -0.15) is 13.2 Å². The van der Waals surface area contributed by atoms with Crippen molar-refractivity contribution >= 4 is 23.1 Å². The number of nitrogens with one attached hydrogen (secondary N) is 2. The normalized spacial score (nSPS) is 20.4. The number of nitrogens with zero attached hydrogens (tertiary/aromatic N) is 3. The molecule has 2 heterocycles. The van der Waals surface area contributed by atoms with Gasteiger partial charge >= 0.3 is 6.18 Å². The second-order valence-electron chi connectivity index (χ2n) is 10.4. The Morgan fingerprint density at radius 2 is 1.90 bits per heavy atom. The Hall–Kier alpha value is -3.85. The highest BCUT2D eigenvalue weighted by Crippen LogP contribution is 2.33. The number of rotatable bonds is 8. The van der Waals surface area contributed by atoms with Gasteiger partial charge in [0.1, 0.15) is 11.7 Å². The number of amides is 1. The van der Waals surface area contributed by atoms with Crippen LogP contribution in [0.4, 0.5) is 24.5 Å². The zero-order valence-corrected chi connectivity index (χ0v) is 24.1. The lowest BCUT2D eigenvalue weighted by atomic mass is 10.0. The maximum Gasteiger partial charge on any atom is 0.416 e. The van der Waals surface area contributed by atoms with Gasteiger partial charge in [-0.05, 0) is 87.2 Å². The molecule has 0 aromatic heterocycles. The lowest BCUT2D eigenvalue weighted by Crippen LogP contribution is -2.44. The van der Waals surface area contributed by atoms with Gasteiger partial charge in [0, 0.05) is 42.7 Å². The Kier molecular flexibility index (Phi) is 9.70. The first-order chi connectivity index (χ1) is 19.6. The number of benzene rings is 2. The number of anilines is 2. The number of aliphatic imine (C=N–C) groups is 1. The van der Waals surface area contributed by atoms with Crippen molar-refractivity contribution in [1.82, 2.24) is 10.2 Å². The number of piperidine rings is 1. The van der Waals surface area contributed by atoms with Crippen molar-refractivity contribution in [2.75, 3.05) is 30.4 Å². The van der Waals surface area contributed by atoms with Crippen molar-refractivity contribution < 1.29 is 18.0 Å². The number of hydrogen-bond acceptors (Lipinski definition) is 5. The summed E-state index contributed by atoms with van der Waals surface area (Å²) < 4.78 is 41.2. The van der Waals surface area contributed by atoms with E-state index in [1.54, 1.807) is 18.2 Å². The van der Waals surface area contributed by atoms with Crippen LogP contribution >= 0.6 is 0 Å². The van der Waals surface area contributed by atoms with Crippen LogP contribution in [0.3, 0.4) is 0 Å². The Balaban J connectivity index is 1.65. The molecule has 0 aliphatic carbocycles. The molecule has 1 atom stereocenters. The first-order valence-electron chi connectivity index (χ1n) is 14.0. The van der Waals surface area contributed by atoms with E-state index in [1.165, 1.54) is 23.1 Å². The summed E-state index contributed by atoms with van der Waals surface area (Å²) in [5.74, 6) is 0.425. The first kappa shape index (κ1) is 30.1. The molecule has 1 saturated heterocycles. The molecular weight excluding hydrogens is 527 g/mol. The van der Waals surface area contributed by atoms with Crippen LogP contribution in [0.15, 0.2) is 88.7 Å². The summed E-state index contributed by atoms with van der Waals surface area (Å²) in [6, 6.07) is 13.9. The summed E-state index contributed by atoms with van der Waals surface area (Å²) in [7, 11) is 2.11. The zero-order valence-electron chi connectivity index (χ0n) is 24.1. The van der Waals surface area contributed by atoms with Crippen LogP contribution in [0.25, 0.3) is 0 Å². The standard InChI is InChI=1S/C32H38F3N5O/c1-5-22(3)30(37-25-14-16-26(17-15-25)39(4)27-11-9-19-36-20-27)38-31-23(6-2)13-18-29(41)40(31)21-24-10-7-8-12-28(24)32(33,34)35/h6-8,10,12-18,27,36-37H,5,9,11,19-21H2,1-4H3/b23-6-,30-22+,38-31+. The van der Waals surface area contributed by atoms with Crippen LogP contribution in [0.5, 0.6) is 0 Å². The third-order valence-electron chi connectivity index (χ3n) is 7.66. The zero-order chi connectivity index (χ0) is 29.6. The van der Waals surface area contributed by atoms with Crippen LogP contribution in [0.2, 0.25) is 0 Å². The maximum absolute atomic E-state index is 13.7. The summed E-state index contributed by atoms with van der Waals surface area (Å²) >= 11 is 0. The average Bonchev–Trinajstić information content (AvgIpc) is 2.98. The largest absolute Gasteiger partial charge is 0.416 e. The number of amidine groups is 1. The van der Waals surface area contributed by atoms with Gasteiger partial charge in [0.25, 0.3) is 5.91 Å². The van der Waals surface area contributed by atoms with E-state index < -0.39 is 17.6 Å². The molecule has 2 aliphatic rings. The highest BCUT2D eigenvalue weighted by Gasteiger charge is 2.35. The number of likely N-dealkylation sites (N-methyl/N-ethyl adjacent to an activating group) is 1. The highest BCUT2D eigenvalue weighted by atomic mass is 19.4. The minimum absolute atomic E-state index is 0.00498. The summed E-state index contributed by atoms with van der Waals surface area (Å²) in [5.41, 5.74) is 2.77. The number of carbonyl (C=O) groups is 1. The van der Waals surface area contributed by atoms with Gasteiger partial charge in [0.05, 0.1) is 12.1 Å². The van der Waals surface area contributed by atoms with Gasteiger partial charge in [-0.25, -0.2) is 4.99 Å². The third kappa shape index (κ3) is 7.27. The molecule has 2 aliphatic heterocycles. The highest BCUT2D eigenvalue weighted by molar-refractivity contribution is 6.15. The van der Waals surface area contributed by atoms with E-state index in [-0.39, 0.29) is 12.1 Å². The van der Waals surface area contributed by atoms with Crippen molar-refractivity contribution in [1.29, 1.82) is 0 Å². The average molecular weight is 566 g/mol. The van der Waals surface area contributed by atoms with Crippen molar-refractivity contribution in [2.45, 2.75) is 58.8 Å². The van der Waals surface area contributed by atoms with E-state index in [2.05, 4.69) is 34.7 Å². The summed E-state index contributed by atoms with van der Waals surface area (Å²) in [6.45, 7) is 7.53. The minimum Gasteiger partial charge on any atom is -0.370 e. The predicted molar refractivity (Wildman–Crippen MR) is 160 cm³/mol. The maximum atomic E-state index is 13.7. The molecule has 2 N–H and O–H groups in total. The molecule has 41 heavy (non-hydrogen) atoms. The molecule has 9 heteroatoms. The Bertz CT molecular complexity index is 1350. The van der Waals surface area contributed by atoms with Gasteiger partial charge in [-0.1, -0.05) is 31.2 Å². The molecule has 0 bridgehead atoms. The van der Waals surface area contributed by atoms with Crippen LogP contribution in [0.1, 0.15) is 51.2 Å². The quantitative estimate of drug-likeness (QED) is 0.366. The molecule has 218 valence electrons. The lowest BCUT2D eigenvalue weighted by Gasteiger charge is -2.33. The van der Waals surface area contributed by atoms with Crippen LogP contribution in [-0.4, -0.2) is 42.8 Å². The van der Waals surface area contributed by atoms with Gasteiger partial charge < -0.3 is 15.5 Å². The molecule has 1 fully saturated rings. The molecule has 1 amide bonds. The molecule has 0 radical (unpaired) electrons. The molecule has 0 saturated carbocycles. The Morgan fingerprint density at radius 1 is 1.17 bits per heavy atom. The summed E-state index contributed by atoms with van der Waals surface area (Å²) in [5, 5.41) is 6.85. The number of halogens is 3. The van der Waals surface area contributed by atoms with E-state index in [4.69, 9.17) is 4.99 Å². The monoisotopic (exact) mass is 565 g/mol. The smallest absolute Gasteiger partial charge is 0.370 e. The fourth-order valence-corrected chi connectivity index (χ4v) is 4.99. The molecule has 4 rings (SSSR count). The molecule has 2 aromatic carbocycles. The van der Waals surface area contributed by atoms with Crippen molar-refractivity contribution in [3.8, 4) is 0 Å². The molecule has 2 aromatic rings. The van der Waals surface area contributed by atoms with E-state index in [0.717, 1.165) is 48.9 Å². The number of alkyl halides is 3. The second kappa shape index (κ2) is 13.2. The Morgan fingerprint density at radius 3 is 2.54 bits per heavy atom. The van der Waals surface area contributed by atoms with E-state index in [1.807, 2.05) is 32.9 Å². The van der Waals surface area contributed by atoms with Gasteiger partial charge in [-0.3, -0.25) is 9.69 Å². The predicted octanol–water partition coefficient (Wildman–Crippen LogP) is 6.89. The van der Waals surface area contributed by atoms with E-state index >= 15 is 0 Å². The van der Waals surface area contributed by atoms with Crippen molar-refractivity contribution in [3.05, 3.63) is 94.9 Å². The summed E-state index contributed by atoms with van der Waals surface area (Å²) in [6.07, 6.45) is 3.28.